The van der Waals surface area contributed by atoms with E-state index >= 15 is 0 Å². The molecule has 1 aromatic rings. The summed E-state index contributed by atoms with van der Waals surface area (Å²) in [6.45, 7) is 8.82. The molecule has 0 radical (unpaired) electrons. The van der Waals surface area contributed by atoms with Gasteiger partial charge >= 0.3 is 0 Å². The van der Waals surface area contributed by atoms with E-state index < -0.39 is 0 Å². The van der Waals surface area contributed by atoms with Gasteiger partial charge in [0.25, 0.3) is 0 Å². The molecule has 22 heavy (non-hydrogen) atoms. The van der Waals surface area contributed by atoms with E-state index in [9.17, 15) is 9.18 Å². The molecule has 6 heteroatoms. The fraction of sp³-hybridized carbons (Fsp3) is 0.562. The summed E-state index contributed by atoms with van der Waals surface area (Å²) in [7, 11) is 0. The smallest absolute Gasteiger partial charge is 0.234 e. The molecule has 0 bridgehead atoms. The van der Waals surface area contributed by atoms with E-state index in [0.717, 1.165) is 38.3 Å². The van der Waals surface area contributed by atoms with E-state index in [1.54, 1.807) is 0 Å². The first-order valence-corrected chi connectivity index (χ1v) is 8.41. The Balaban J connectivity index is 1.77. The third-order valence-electron chi connectivity index (χ3n) is 3.67. The van der Waals surface area contributed by atoms with E-state index in [0.29, 0.717) is 11.0 Å². The van der Waals surface area contributed by atoms with Crippen LogP contribution in [0.5, 0.6) is 0 Å². The van der Waals surface area contributed by atoms with Crippen molar-refractivity contribution in [3.05, 3.63) is 34.1 Å². The number of piperazine rings is 1. The van der Waals surface area contributed by atoms with E-state index in [1.165, 1.54) is 6.07 Å². The fourth-order valence-corrected chi connectivity index (χ4v) is 3.00. The van der Waals surface area contributed by atoms with Crippen LogP contribution in [0.15, 0.2) is 22.7 Å². The monoisotopic (exact) mass is 371 g/mol. The van der Waals surface area contributed by atoms with E-state index in [-0.39, 0.29) is 17.8 Å². The lowest BCUT2D eigenvalue weighted by Crippen LogP contribution is -2.49. The average Bonchev–Trinajstić information content (AvgIpc) is 2.44. The van der Waals surface area contributed by atoms with Crippen LogP contribution in [-0.4, -0.2) is 54.5 Å². The first-order chi connectivity index (χ1) is 10.4. The van der Waals surface area contributed by atoms with Crippen LogP contribution in [0, 0.1) is 5.82 Å². The zero-order chi connectivity index (χ0) is 16.1. The summed E-state index contributed by atoms with van der Waals surface area (Å²) in [5, 5.41) is 2.92. The highest BCUT2D eigenvalue weighted by molar-refractivity contribution is 9.10. The second-order valence-corrected chi connectivity index (χ2v) is 6.88. The molecule has 0 saturated carbocycles. The Bertz CT molecular complexity index is 516. The molecule has 4 nitrogen and oxygen atoms in total. The normalized spacial score (nSPS) is 17.0. The van der Waals surface area contributed by atoms with Gasteiger partial charge < -0.3 is 5.32 Å². The minimum Gasteiger partial charge on any atom is -0.353 e. The van der Waals surface area contributed by atoms with Gasteiger partial charge in [-0.3, -0.25) is 14.6 Å². The molecule has 0 aromatic heterocycles. The highest BCUT2D eigenvalue weighted by Crippen LogP contribution is 2.18. The molecule has 0 atom stereocenters. The molecule has 0 unspecified atom stereocenters. The van der Waals surface area contributed by atoms with Crippen molar-refractivity contribution in [2.75, 3.05) is 32.7 Å². The van der Waals surface area contributed by atoms with Crippen molar-refractivity contribution in [1.29, 1.82) is 0 Å². The van der Waals surface area contributed by atoms with Crippen molar-refractivity contribution in [1.82, 2.24) is 15.1 Å². The van der Waals surface area contributed by atoms with Crippen LogP contribution in [0.2, 0.25) is 0 Å². The summed E-state index contributed by atoms with van der Waals surface area (Å²) in [6.07, 6.45) is 0. The summed E-state index contributed by atoms with van der Waals surface area (Å²) in [6, 6.07) is 5.33. The van der Waals surface area contributed by atoms with Gasteiger partial charge in [0.05, 0.1) is 11.0 Å². The molecule has 0 spiro atoms. The van der Waals surface area contributed by atoms with E-state index in [1.807, 2.05) is 26.0 Å². The quantitative estimate of drug-likeness (QED) is 0.861. The summed E-state index contributed by atoms with van der Waals surface area (Å²) in [5.41, 5.74) is 1.10. The predicted octanol–water partition coefficient (Wildman–Crippen LogP) is 2.23. The second-order valence-electron chi connectivity index (χ2n) is 6.02. The van der Waals surface area contributed by atoms with Gasteiger partial charge in [0.1, 0.15) is 5.82 Å². The number of hydrogen-bond donors (Lipinski definition) is 1. The molecule has 0 aliphatic carbocycles. The van der Waals surface area contributed by atoms with Gasteiger partial charge in [-0.05, 0) is 47.5 Å². The standard InChI is InChI=1S/C16H23BrFN3O/c1-12(2)19-16(22)11-21-7-5-20(6-8-21)10-13-3-4-15(18)14(17)9-13/h3-4,9,12H,5-8,10-11H2,1-2H3,(H,19,22). The van der Waals surface area contributed by atoms with Gasteiger partial charge in [-0.25, -0.2) is 4.39 Å². The molecule has 122 valence electrons. The molecule has 1 aliphatic rings. The Morgan fingerprint density at radius 1 is 1.27 bits per heavy atom. The summed E-state index contributed by atoms with van der Waals surface area (Å²) in [5.74, 6) is -0.143. The maximum Gasteiger partial charge on any atom is 0.234 e. The molecule has 1 saturated heterocycles. The number of hydrogen-bond acceptors (Lipinski definition) is 3. The first-order valence-electron chi connectivity index (χ1n) is 7.62. The molecule has 1 aliphatic heterocycles. The first kappa shape index (κ1) is 17.4. The molecule has 1 fully saturated rings. The van der Waals surface area contributed by atoms with Crippen LogP contribution in [0.3, 0.4) is 0 Å². The Morgan fingerprint density at radius 3 is 2.50 bits per heavy atom. The number of benzene rings is 1. The van der Waals surface area contributed by atoms with Crippen molar-refractivity contribution in [3.8, 4) is 0 Å². The number of nitrogens with one attached hydrogen (secondary N) is 1. The highest BCUT2D eigenvalue weighted by Gasteiger charge is 2.19. The largest absolute Gasteiger partial charge is 0.353 e. The average molecular weight is 372 g/mol. The van der Waals surface area contributed by atoms with Crippen molar-refractivity contribution in [2.24, 2.45) is 0 Å². The molecule has 1 amide bonds. The van der Waals surface area contributed by atoms with Crippen molar-refractivity contribution in [3.63, 3.8) is 0 Å². The lowest BCUT2D eigenvalue weighted by Gasteiger charge is -2.34. The number of rotatable bonds is 5. The zero-order valence-electron chi connectivity index (χ0n) is 13.1. The Labute approximate surface area is 139 Å². The number of carbonyl (C=O) groups excluding carboxylic acids is 1. The minimum atomic E-state index is -0.232. The zero-order valence-corrected chi connectivity index (χ0v) is 14.7. The highest BCUT2D eigenvalue weighted by atomic mass is 79.9. The van der Waals surface area contributed by atoms with Crippen molar-refractivity contribution < 1.29 is 9.18 Å². The molecular weight excluding hydrogens is 349 g/mol. The van der Waals surface area contributed by atoms with Crippen LogP contribution < -0.4 is 5.32 Å². The second kappa shape index (κ2) is 8.04. The van der Waals surface area contributed by atoms with Crippen LogP contribution in [0.1, 0.15) is 19.4 Å². The van der Waals surface area contributed by atoms with Gasteiger partial charge in [-0.1, -0.05) is 6.07 Å². The molecule has 1 aromatic carbocycles. The Morgan fingerprint density at radius 2 is 1.91 bits per heavy atom. The van der Waals surface area contributed by atoms with Gasteiger partial charge in [0.2, 0.25) is 5.91 Å². The number of nitrogens with zero attached hydrogens (tertiary/aromatic N) is 2. The number of amides is 1. The minimum absolute atomic E-state index is 0.0888. The fourth-order valence-electron chi connectivity index (χ4n) is 2.57. The van der Waals surface area contributed by atoms with Gasteiger partial charge in [-0.15, -0.1) is 0 Å². The van der Waals surface area contributed by atoms with Gasteiger partial charge in [-0.2, -0.15) is 0 Å². The molecule has 1 heterocycles. The molecule has 1 N–H and O–H groups in total. The maximum absolute atomic E-state index is 13.2. The summed E-state index contributed by atoms with van der Waals surface area (Å²) >= 11 is 3.22. The van der Waals surface area contributed by atoms with Crippen LogP contribution >= 0.6 is 15.9 Å². The summed E-state index contributed by atoms with van der Waals surface area (Å²) in [4.78, 5) is 16.3. The van der Waals surface area contributed by atoms with E-state index in [2.05, 4.69) is 31.0 Å². The number of carbonyl (C=O) groups is 1. The molecular formula is C16H23BrFN3O. The SMILES string of the molecule is CC(C)NC(=O)CN1CCN(Cc2ccc(F)c(Br)c2)CC1. The van der Waals surface area contributed by atoms with Crippen molar-refractivity contribution in [2.45, 2.75) is 26.4 Å². The van der Waals surface area contributed by atoms with Gasteiger partial charge in [0, 0.05) is 38.8 Å². The van der Waals surface area contributed by atoms with Crippen LogP contribution in [0.25, 0.3) is 0 Å². The molecule has 2 rings (SSSR count). The predicted molar refractivity (Wildman–Crippen MR) is 89.1 cm³/mol. The number of halogens is 2. The Kier molecular flexibility index (Phi) is 6.35. The van der Waals surface area contributed by atoms with Gasteiger partial charge in [0.15, 0.2) is 0 Å². The topological polar surface area (TPSA) is 35.6 Å². The van der Waals surface area contributed by atoms with Crippen LogP contribution in [0.4, 0.5) is 4.39 Å². The summed E-state index contributed by atoms with van der Waals surface area (Å²) < 4.78 is 13.7. The third kappa shape index (κ3) is 5.34. The lowest BCUT2D eigenvalue weighted by atomic mass is 10.2. The Hall–Kier alpha value is -0.980. The van der Waals surface area contributed by atoms with E-state index in [4.69, 9.17) is 0 Å². The maximum atomic E-state index is 13.2. The lowest BCUT2D eigenvalue weighted by molar-refractivity contribution is -0.123. The van der Waals surface area contributed by atoms with Crippen molar-refractivity contribution >= 4 is 21.8 Å². The third-order valence-corrected chi connectivity index (χ3v) is 4.28. The van der Waals surface area contributed by atoms with Crippen LogP contribution in [-0.2, 0) is 11.3 Å².